The summed E-state index contributed by atoms with van der Waals surface area (Å²) in [6.07, 6.45) is -4.31. The Labute approximate surface area is 114 Å². The van der Waals surface area contributed by atoms with Gasteiger partial charge in [0.2, 0.25) is 0 Å². The quantitative estimate of drug-likeness (QED) is 0.647. The van der Waals surface area contributed by atoms with E-state index >= 15 is 0 Å². The number of alkyl halides is 3. The minimum atomic E-state index is -4.31. The number of benzene rings is 2. The first kappa shape index (κ1) is 14.1. The van der Waals surface area contributed by atoms with Crippen molar-refractivity contribution in [1.29, 1.82) is 0 Å². The van der Waals surface area contributed by atoms with Crippen molar-refractivity contribution in [3.63, 3.8) is 0 Å². The van der Waals surface area contributed by atoms with Gasteiger partial charge in [-0.1, -0.05) is 30.3 Å². The summed E-state index contributed by atoms with van der Waals surface area (Å²) in [6.45, 7) is 1.73. The van der Waals surface area contributed by atoms with E-state index in [0.717, 1.165) is 17.8 Å². The van der Waals surface area contributed by atoms with Crippen LogP contribution in [0.15, 0.2) is 59.7 Å². The molecule has 0 aromatic heterocycles. The van der Waals surface area contributed by atoms with Gasteiger partial charge in [0.1, 0.15) is 0 Å². The van der Waals surface area contributed by atoms with Crippen molar-refractivity contribution in [3.8, 4) is 0 Å². The lowest BCUT2D eigenvalue weighted by Gasteiger charge is -2.08. The monoisotopic (exact) mass is 278 g/mol. The highest BCUT2D eigenvalue weighted by molar-refractivity contribution is 5.99. The predicted molar refractivity (Wildman–Crippen MR) is 73.7 cm³/mol. The zero-order chi connectivity index (χ0) is 14.6. The molecule has 104 valence electrons. The minimum Gasteiger partial charge on any atom is -0.278 e. The highest BCUT2D eigenvalue weighted by Crippen LogP contribution is 2.29. The van der Waals surface area contributed by atoms with E-state index in [0.29, 0.717) is 11.3 Å². The maximum atomic E-state index is 12.4. The van der Waals surface area contributed by atoms with Crippen LogP contribution in [0.5, 0.6) is 0 Å². The Morgan fingerprint density at radius 3 is 2.10 bits per heavy atom. The summed E-state index contributed by atoms with van der Waals surface area (Å²) in [5, 5.41) is 4.14. The average Bonchev–Trinajstić information content (AvgIpc) is 2.45. The Kier molecular flexibility index (Phi) is 4.08. The molecule has 5 heteroatoms. The van der Waals surface area contributed by atoms with Gasteiger partial charge in [-0.3, -0.25) is 5.43 Å². The summed E-state index contributed by atoms with van der Waals surface area (Å²) in [4.78, 5) is 0. The Bertz CT molecular complexity index is 587. The molecule has 2 rings (SSSR count). The standard InChI is InChI=1S/C15H13F3N2/c1-11(19-20-14-5-3-2-4-6-14)12-7-9-13(10-8-12)15(16,17)18/h2-10,20H,1H3/b19-11+. The Hall–Kier alpha value is -2.30. The fourth-order valence-corrected chi connectivity index (χ4v) is 1.63. The molecule has 0 aliphatic carbocycles. The molecule has 20 heavy (non-hydrogen) atoms. The first-order chi connectivity index (χ1) is 9.47. The van der Waals surface area contributed by atoms with Gasteiger partial charge in [0.25, 0.3) is 0 Å². The molecule has 0 bridgehead atoms. The van der Waals surface area contributed by atoms with E-state index in [1.165, 1.54) is 12.1 Å². The molecule has 0 radical (unpaired) electrons. The molecule has 0 saturated heterocycles. The smallest absolute Gasteiger partial charge is 0.278 e. The van der Waals surface area contributed by atoms with Crippen LogP contribution >= 0.6 is 0 Å². The van der Waals surface area contributed by atoms with Gasteiger partial charge in [-0.15, -0.1) is 0 Å². The minimum absolute atomic E-state index is 0.613. The van der Waals surface area contributed by atoms with Crippen LogP contribution < -0.4 is 5.43 Å². The average molecular weight is 278 g/mol. The third kappa shape index (κ3) is 3.60. The molecule has 0 aliphatic rings. The lowest BCUT2D eigenvalue weighted by Crippen LogP contribution is -2.06. The lowest BCUT2D eigenvalue weighted by atomic mass is 10.1. The first-order valence-corrected chi connectivity index (χ1v) is 6.00. The van der Waals surface area contributed by atoms with Crippen molar-refractivity contribution >= 4 is 11.4 Å². The van der Waals surface area contributed by atoms with Crippen molar-refractivity contribution in [1.82, 2.24) is 0 Å². The van der Waals surface area contributed by atoms with E-state index in [9.17, 15) is 13.2 Å². The number of nitrogens with one attached hydrogen (secondary N) is 1. The van der Waals surface area contributed by atoms with Gasteiger partial charge in [0.15, 0.2) is 0 Å². The van der Waals surface area contributed by atoms with Crippen molar-refractivity contribution < 1.29 is 13.2 Å². The van der Waals surface area contributed by atoms with E-state index in [2.05, 4.69) is 10.5 Å². The molecule has 0 fully saturated rings. The highest BCUT2D eigenvalue weighted by Gasteiger charge is 2.29. The number of hydrogen-bond acceptors (Lipinski definition) is 2. The van der Waals surface area contributed by atoms with Crippen LogP contribution in [0.4, 0.5) is 18.9 Å². The van der Waals surface area contributed by atoms with Gasteiger partial charge < -0.3 is 0 Å². The van der Waals surface area contributed by atoms with E-state index in [1.807, 2.05) is 30.3 Å². The molecular formula is C15H13F3N2. The van der Waals surface area contributed by atoms with E-state index in [1.54, 1.807) is 6.92 Å². The predicted octanol–water partition coefficient (Wildman–Crippen LogP) is 4.54. The third-order valence-electron chi connectivity index (χ3n) is 2.76. The number of nitrogens with zero attached hydrogens (tertiary/aromatic N) is 1. The van der Waals surface area contributed by atoms with E-state index in [4.69, 9.17) is 0 Å². The zero-order valence-corrected chi connectivity index (χ0v) is 10.8. The van der Waals surface area contributed by atoms with Gasteiger partial charge in [0.05, 0.1) is 17.0 Å². The van der Waals surface area contributed by atoms with Crippen molar-refractivity contribution in [2.75, 3.05) is 5.43 Å². The fraction of sp³-hybridized carbons (Fsp3) is 0.133. The lowest BCUT2D eigenvalue weighted by molar-refractivity contribution is -0.137. The molecule has 2 nitrogen and oxygen atoms in total. The Morgan fingerprint density at radius 1 is 0.950 bits per heavy atom. The van der Waals surface area contributed by atoms with Crippen molar-refractivity contribution in [3.05, 3.63) is 65.7 Å². The van der Waals surface area contributed by atoms with Crippen LogP contribution in [0.1, 0.15) is 18.1 Å². The summed E-state index contributed by atoms with van der Waals surface area (Å²) in [6, 6.07) is 14.2. The third-order valence-corrected chi connectivity index (χ3v) is 2.76. The maximum absolute atomic E-state index is 12.4. The zero-order valence-electron chi connectivity index (χ0n) is 10.8. The Balaban J connectivity index is 2.11. The second-order valence-corrected chi connectivity index (χ2v) is 4.25. The van der Waals surface area contributed by atoms with Gasteiger partial charge in [0, 0.05) is 0 Å². The molecule has 2 aromatic carbocycles. The largest absolute Gasteiger partial charge is 0.416 e. The normalized spacial score (nSPS) is 12.3. The summed E-state index contributed by atoms with van der Waals surface area (Å²) in [5.74, 6) is 0. The van der Waals surface area contributed by atoms with Gasteiger partial charge >= 0.3 is 6.18 Å². The van der Waals surface area contributed by atoms with Crippen LogP contribution in [0.25, 0.3) is 0 Å². The molecule has 0 aliphatic heterocycles. The number of para-hydroxylation sites is 1. The second-order valence-electron chi connectivity index (χ2n) is 4.25. The Morgan fingerprint density at radius 2 is 1.55 bits per heavy atom. The van der Waals surface area contributed by atoms with Crippen LogP contribution in [-0.2, 0) is 6.18 Å². The van der Waals surface area contributed by atoms with Crippen LogP contribution in [-0.4, -0.2) is 5.71 Å². The van der Waals surface area contributed by atoms with E-state index < -0.39 is 11.7 Å². The van der Waals surface area contributed by atoms with Crippen molar-refractivity contribution in [2.45, 2.75) is 13.1 Å². The molecule has 0 spiro atoms. The number of hydrogen-bond donors (Lipinski definition) is 1. The maximum Gasteiger partial charge on any atom is 0.416 e. The number of hydrazone groups is 1. The van der Waals surface area contributed by atoms with Gasteiger partial charge in [-0.2, -0.15) is 18.3 Å². The SMILES string of the molecule is C/C(=N\Nc1ccccc1)c1ccc(C(F)(F)F)cc1. The molecule has 0 atom stereocenters. The highest BCUT2D eigenvalue weighted by atomic mass is 19.4. The first-order valence-electron chi connectivity index (χ1n) is 6.00. The van der Waals surface area contributed by atoms with Crippen molar-refractivity contribution in [2.24, 2.45) is 5.10 Å². The van der Waals surface area contributed by atoms with Crippen LogP contribution in [0, 0.1) is 0 Å². The molecule has 0 saturated carbocycles. The number of anilines is 1. The van der Waals surface area contributed by atoms with Crippen LogP contribution in [0.2, 0.25) is 0 Å². The van der Waals surface area contributed by atoms with Crippen LogP contribution in [0.3, 0.4) is 0 Å². The van der Waals surface area contributed by atoms with Gasteiger partial charge in [-0.25, -0.2) is 0 Å². The fourth-order valence-electron chi connectivity index (χ4n) is 1.63. The molecular weight excluding hydrogens is 265 g/mol. The van der Waals surface area contributed by atoms with Gasteiger partial charge in [-0.05, 0) is 36.8 Å². The molecule has 0 unspecified atom stereocenters. The summed E-state index contributed by atoms with van der Waals surface area (Å²) in [7, 11) is 0. The molecule has 0 heterocycles. The topological polar surface area (TPSA) is 24.4 Å². The molecule has 1 N–H and O–H groups in total. The number of rotatable bonds is 3. The molecule has 0 amide bonds. The molecule has 2 aromatic rings. The van der Waals surface area contributed by atoms with E-state index in [-0.39, 0.29) is 0 Å². The summed E-state index contributed by atoms with van der Waals surface area (Å²) >= 11 is 0. The second kappa shape index (κ2) is 5.77. The number of halogens is 3. The summed E-state index contributed by atoms with van der Waals surface area (Å²) in [5.41, 5.74) is 4.26. The summed E-state index contributed by atoms with van der Waals surface area (Å²) < 4.78 is 37.3.